The van der Waals surface area contributed by atoms with Gasteiger partial charge < -0.3 is 5.32 Å². The molecule has 0 aromatic heterocycles. The van der Waals surface area contributed by atoms with Crippen molar-refractivity contribution in [3.63, 3.8) is 0 Å². The Bertz CT molecular complexity index is 330. The summed E-state index contributed by atoms with van der Waals surface area (Å²) in [6.45, 7) is 10.1. The standard InChI is InChI=1S/C18H33N/c1-13-8-6-5-7-9-15(13)19-16-17(2,3)14-10-11-18(16,4)12-14/h13-16,19H,5-12H2,1-4H3/t13?,14-,15?,16?,18+/m0/s1. The molecule has 0 amide bonds. The maximum Gasteiger partial charge on any atom is 0.0177 e. The molecule has 0 radical (unpaired) electrons. The maximum absolute atomic E-state index is 4.17. The van der Waals surface area contributed by atoms with E-state index in [2.05, 4.69) is 33.0 Å². The zero-order valence-electron chi connectivity index (χ0n) is 13.5. The van der Waals surface area contributed by atoms with Crippen LogP contribution in [0.5, 0.6) is 0 Å². The van der Waals surface area contributed by atoms with Crippen molar-refractivity contribution in [3.05, 3.63) is 0 Å². The number of hydrogen-bond donors (Lipinski definition) is 1. The molecule has 0 saturated heterocycles. The second kappa shape index (κ2) is 4.76. The molecule has 19 heavy (non-hydrogen) atoms. The van der Waals surface area contributed by atoms with Crippen LogP contribution in [0.15, 0.2) is 0 Å². The molecule has 110 valence electrons. The van der Waals surface area contributed by atoms with Crippen LogP contribution in [0.4, 0.5) is 0 Å². The van der Waals surface area contributed by atoms with Crippen LogP contribution in [-0.4, -0.2) is 12.1 Å². The molecule has 3 rings (SSSR count). The predicted octanol–water partition coefficient (Wildman–Crippen LogP) is 4.76. The Labute approximate surface area is 119 Å². The first-order chi connectivity index (χ1) is 8.93. The minimum atomic E-state index is 0.513. The minimum absolute atomic E-state index is 0.513. The van der Waals surface area contributed by atoms with Crippen LogP contribution in [0.2, 0.25) is 0 Å². The van der Waals surface area contributed by atoms with Crippen LogP contribution in [0, 0.1) is 22.7 Å². The van der Waals surface area contributed by atoms with E-state index < -0.39 is 0 Å². The molecule has 0 aliphatic heterocycles. The Morgan fingerprint density at radius 3 is 2.37 bits per heavy atom. The third kappa shape index (κ3) is 2.26. The lowest BCUT2D eigenvalue weighted by atomic mass is 9.68. The quantitative estimate of drug-likeness (QED) is 0.708. The van der Waals surface area contributed by atoms with E-state index >= 15 is 0 Å². The third-order valence-electron chi connectivity index (χ3n) is 7.01. The lowest BCUT2D eigenvalue weighted by Crippen LogP contribution is -2.55. The first-order valence-corrected chi connectivity index (χ1v) is 8.69. The van der Waals surface area contributed by atoms with E-state index in [-0.39, 0.29) is 0 Å². The van der Waals surface area contributed by atoms with Crippen molar-refractivity contribution in [1.29, 1.82) is 0 Å². The summed E-state index contributed by atoms with van der Waals surface area (Å²) in [6, 6.07) is 1.53. The average Bonchev–Trinajstić information content (AvgIpc) is 2.72. The van der Waals surface area contributed by atoms with Crippen molar-refractivity contribution in [2.45, 2.75) is 91.1 Å². The van der Waals surface area contributed by atoms with Gasteiger partial charge in [0.15, 0.2) is 0 Å². The normalized spacial score (nSPS) is 49.3. The van der Waals surface area contributed by atoms with Crippen LogP contribution < -0.4 is 5.32 Å². The van der Waals surface area contributed by atoms with Gasteiger partial charge in [0.1, 0.15) is 0 Å². The van der Waals surface area contributed by atoms with Gasteiger partial charge in [0, 0.05) is 12.1 Å². The number of fused-ring (bicyclic) bond motifs is 2. The van der Waals surface area contributed by atoms with Crippen molar-refractivity contribution < 1.29 is 0 Å². The first-order valence-electron chi connectivity index (χ1n) is 8.69. The number of rotatable bonds is 2. The molecular formula is C18H33N. The summed E-state index contributed by atoms with van der Waals surface area (Å²) in [5, 5.41) is 4.17. The highest BCUT2D eigenvalue weighted by Crippen LogP contribution is 2.62. The highest BCUT2D eigenvalue weighted by Gasteiger charge is 2.59. The minimum Gasteiger partial charge on any atom is -0.310 e. The van der Waals surface area contributed by atoms with Crippen LogP contribution in [0.25, 0.3) is 0 Å². The van der Waals surface area contributed by atoms with Gasteiger partial charge in [-0.3, -0.25) is 0 Å². The van der Waals surface area contributed by atoms with E-state index in [0.29, 0.717) is 10.8 Å². The van der Waals surface area contributed by atoms with Gasteiger partial charge in [-0.05, 0) is 54.8 Å². The zero-order chi connectivity index (χ0) is 13.7. The molecule has 3 saturated carbocycles. The predicted molar refractivity (Wildman–Crippen MR) is 82.2 cm³/mol. The van der Waals surface area contributed by atoms with Gasteiger partial charge in [-0.15, -0.1) is 0 Å². The van der Waals surface area contributed by atoms with Gasteiger partial charge in [-0.25, -0.2) is 0 Å². The van der Waals surface area contributed by atoms with Crippen molar-refractivity contribution in [2.24, 2.45) is 22.7 Å². The monoisotopic (exact) mass is 263 g/mol. The lowest BCUT2D eigenvalue weighted by molar-refractivity contribution is 0.0890. The second-order valence-electron chi connectivity index (χ2n) is 8.74. The van der Waals surface area contributed by atoms with Crippen LogP contribution in [-0.2, 0) is 0 Å². The van der Waals surface area contributed by atoms with Crippen LogP contribution in [0.3, 0.4) is 0 Å². The first kappa shape index (κ1) is 13.9. The van der Waals surface area contributed by atoms with Crippen LogP contribution >= 0.6 is 0 Å². The smallest absolute Gasteiger partial charge is 0.0177 e. The molecule has 0 heterocycles. The van der Waals surface area contributed by atoms with Crippen molar-refractivity contribution in [2.75, 3.05) is 0 Å². The van der Waals surface area contributed by atoms with E-state index in [1.807, 2.05) is 0 Å². The number of hydrogen-bond acceptors (Lipinski definition) is 1. The molecule has 3 fully saturated rings. The summed E-state index contributed by atoms with van der Waals surface area (Å²) in [5.41, 5.74) is 1.10. The Kier molecular flexibility index (Phi) is 3.48. The fourth-order valence-corrected chi connectivity index (χ4v) is 5.67. The molecule has 2 bridgehead atoms. The van der Waals surface area contributed by atoms with Crippen LogP contribution in [0.1, 0.15) is 79.1 Å². The molecule has 1 N–H and O–H groups in total. The second-order valence-corrected chi connectivity index (χ2v) is 8.74. The number of nitrogens with one attached hydrogen (secondary N) is 1. The summed E-state index contributed by atoms with van der Waals surface area (Å²) in [7, 11) is 0. The highest BCUT2D eigenvalue weighted by molar-refractivity contribution is 5.12. The largest absolute Gasteiger partial charge is 0.310 e. The molecule has 3 aliphatic carbocycles. The Balaban J connectivity index is 1.74. The van der Waals surface area contributed by atoms with E-state index in [0.717, 1.165) is 23.9 Å². The molecular weight excluding hydrogens is 230 g/mol. The van der Waals surface area contributed by atoms with E-state index in [1.165, 1.54) is 51.4 Å². The van der Waals surface area contributed by atoms with Gasteiger partial charge in [-0.1, -0.05) is 47.0 Å². The SMILES string of the molecule is CC1CCCCCC1NC1C(C)(C)[C@H]2CC[C@]1(C)C2. The summed E-state index contributed by atoms with van der Waals surface area (Å²) < 4.78 is 0. The van der Waals surface area contributed by atoms with Gasteiger partial charge in [0.05, 0.1) is 0 Å². The average molecular weight is 263 g/mol. The molecule has 5 atom stereocenters. The highest BCUT2D eigenvalue weighted by atomic mass is 15.0. The van der Waals surface area contributed by atoms with E-state index in [9.17, 15) is 0 Å². The Morgan fingerprint density at radius 2 is 1.68 bits per heavy atom. The van der Waals surface area contributed by atoms with E-state index in [1.54, 1.807) is 0 Å². The van der Waals surface area contributed by atoms with Gasteiger partial charge in [-0.2, -0.15) is 0 Å². The molecule has 3 aliphatic rings. The fraction of sp³-hybridized carbons (Fsp3) is 1.00. The van der Waals surface area contributed by atoms with Gasteiger partial charge >= 0.3 is 0 Å². The maximum atomic E-state index is 4.17. The topological polar surface area (TPSA) is 12.0 Å². The molecule has 0 aromatic rings. The lowest BCUT2D eigenvalue weighted by Gasteiger charge is -2.46. The molecule has 3 unspecified atom stereocenters. The van der Waals surface area contributed by atoms with Crippen molar-refractivity contribution in [3.8, 4) is 0 Å². The summed E-state index contributed by atoms with van der Waals surface area (Å²) in [5.74, 6) is 1.84. The molecule has 1 heteroatoms. The van der Waals surface area contributed by atoms with Crippen molar-refractivity contribution >= 4 is 0 Å². The Morgan fingerprint density at radius 1 is 0.947 bits per heavy atom. The summed E-state index contributed by atoms with van der Waals surface area (Å²) >= 11 is 0. The van der Waals surface area contributed by atoms with Gasteiger partial charge in [0.2, 0.25) is 0 Å². The third-order valence-corrected chi connectivity index (χ3v) is 7.01. The molecule has 1 nitrogen and oxygen atoms in total. The van der Waals surface area contributed by atoms with E-state index in [4.69, 9.17) is 0 Å². The fourth-order valence-electron chi connectivity index (χ4n) is 5.67. The zero-order valence-corrected chi connectivity index (χ0v) is 13.5. The Hall–Kier alpha value is -0.0400. The van der Waals surface area contributed by atoms with Crippen molar-refractivity contribution in [1.82, 2.24) is 5.32 Å². The molecule has 0 spiro atoms. The summed E-state index contributed by atoms with van der Waals surface area (Å²) in [4.78, 5) is 0. The summed E-state index contributed by atoms with van der Waals surface area (Å²) in [6.07, 6.45) is 11.6. The van der Waals surface area contributed by atoms with Gasteiger partial charge in [0.25, 0.3) is 0 Å². The molecule has 0 aromatic carbocycles.